The van der Waals surface area contributed by atoms with Crippen LogP contribution in [0.25, 0.3) is 0 Å². The first kappa shape index (κ1) is 19.4. The summed E-state index contributed by atoms with van der Waals surface area (Å²) in [4.78, 5) is 18.5. The average molecular weight is 420 g/mol. The number of aromatic nitrogens is 1. The third kappa shape index (κ3) is 4.55. The minimum Gasteiger partial charge on any atom is -0.359 e. The minimum atomic E-state index is -0.105. The van der Waals surface area contributed by atoms with Gasteiger partial charge in [0.1, 0.15) is 10.8 Å². The first-order chi connectivity index (χ1) is 14.1. The summed E-state index contributed by atoms with van der Waals surface area (Å²) in [6.45, 7) is 4.03. The molecule has 1 atom stereocenters. The maximum absolute atomic E-state index is 12.8. The van der Waals surface area contributed by atoms with Gasteiger partial charge < -0.3 is 10.6 Å². The van der Waals surface area contributed by atoms with Gasteiger partial charge in [-0.25, -0.2) is 4.98 Å². The van der Waals surface area contributed by atoms with Crippen molar-refractivity contribution in [1.29, 1.82) is 0 Å². The monoisotopic (exact) mass is 419 g/mol. The van der Waals surface area contributed by atoms with Gasteiger partial charge in [0.05, 0.1) is 6.04 Å². The van der Waals surface area contributed by atoms with Crippen molar-refractivity contribution in [3.63, 3.8) is 0 Å². The number of nitrogens with one attached hydrogen (secondary N) is 2. The molecule has 1 aromatic carbocycles. The summed E-state index contributed by atoms with van der Waals surface area (Å²) in [5.74, 6) is 0.705. The van der Waals surface area contributed by atoms with E-state index in [1.54, 1.807) is 22.7 Å². The van der Waals surface area contributed by atoms with Crippen LogP contribution in [-0.2, 0) is 0 Å². The van der Waals surface area contributed by atoms with Crippen LogP contribution in [0.3, 0.4) is 0 Å². The average Bonchev–Trinajstić information content (AvgIpc) is 3.37. The van der Waals surface area contributed by atoms with Crippen molar-refractivity contribution in [2.75, 3.05) is 10.6 Å². The Morgan fingerprint density at radius 3 is 2.59 bits per heavy atom. The second-order valence-corrected chi connectivity index (χ2v) is 8.80. The molecule has 4 rings (SSSR count). The summed E-state index contributed by atoms with van der Waals surface area (Å²) in [7, 11) is 0. The molecule has 4 nitrogen and oxygen atoms in total. The maximum Gasteiger partial charge on any atom is 0.256 e. The highest BCUT2D eigenvalue weighted by molar-refractivity contribution is 7.16. The van der Waals surface area contributed by atoms with E-state index in [-0.39, 0.29) is 11.9 Å². The largest absolute Gasteiger partial charge is 0.359 e. The van der Waals surface area contributed by atoms with Crippen molar-refractivity contribution < 1.29 is 4.79 Å². The third-order valence-electron chi connectivity index (χ3n) is 4.52. The lowest BCUT2D eigenvalue weighted by molar-refractivity contribution is 0.102. The quantitative estimate of drug-likeness (QED) is 0.387. The zero-order valence-electron chi connectivity index (χ0n) is 16.2. The highest BCUT2D eigenvalue weighted by atomic mass is 32.1. The summed E-state index contributed by atoms with van der Waals surface area (Å²) in [5.41, 5.74) is 3.79. The van der Waals surface area contributed by atoms with E-state index in [1.165, 1.54) is 0 Å². The van der Waals surface area contributed by atoms with E-state index >= 15 is 0 Å². The normalized spacial score (nSPS) is 11.8. The lowest BCUT2D eigenvalue weighted by atomic mass is 10.0. The van der Waals surface area contributed by atoms with Gasteiger partial charge in [-0.1, -0.05) is 24.3 Å². The fraction of sp³-hybridized carbons (Fsp3) is 0.130. The molecule has 3 heterocycles. The standard InChI is InChI=1S/C23H21N3OS2/c1-15-7-6-10-20(24-15)25-21(18-11-12-28-14-18)19-13-16(2)29-23(19)26-22(27)17-8-4-3-5-9-17/h3-14,21H,1-2H3,(H,24,25)(H,26,27)/t21-/m0/s1. The molecule has 0 bridgehead atoms. The Labute approximate surface area is 178 Å². The van der Waals surface area contributed by atoms with Gasteiger partial charge >= 0.3 is 0 Å². The van der Waals surface area contributed by atoms with Gasteiger partial charge in [0.25, 0.3) is 5.91 Å². The second kappa shape index (κ2) is 8.59. The number of hydrogen-bond donors (Lipinski definition) is 2. The molecule has 0 aliphatic carbocycles. The van der Waals surface area contributed by atoms with Gasteiger partial charge in [0, 0.05) is 21.7 Å². The molecule has 1 amide bonds. The number of anilines is 2. The number of carbonyl (C=O) groups excluding carboxylic acids is 1. The van der Waals surface area contributed by atoms with Crippen LogP contribution in [0.5, 0.6) is 0 Å². The summed E-state index contributed by atoms with van der Waals surface area (Å²) in [6.07, 6.45) is 0. The Morgan fingerprint density at radius 1 is 1.03 bits per heavy atom. The van der Waals surface area contributed by atoms with E-state index in [0.717, 1.165) is 32.5 Å². The molecule has 2 N–H and O–H groups in total. The molecule has 0 saturated heterocycles. The molecule has 146 valence electrons. The van der Waals surface area contributed by atoms with Gasteiger partial charge in [0.2, 0.25) is 0 Å². The molecule has 3 aromatic heterocycles. The smallest absolute Gasteiger partial charge is 0.256 e. The molecule has 0 aliphatic heterocycles. The van der Waals surface area contributed by atoms with E-state index in [2.05, 4.69) is 45.4 Å². The molecule has 6 heteroatoms. The van der Waals surface area contributed by atoms with E-state index in [1.807, 2.05) is 55.5 Å². The van der Waals surface area contributed by atoms with Crippen LogP contribution >= 0.6 is 22.7 Å². The summed E-state index contributed by atoms with van der Waals surface area (Å²) >= 11 is 3.24. The molecule has 0 radical (unpaired) electrons. The summed E-state index contributed by atoms with van der Waals surface area (Å²) in [6, 6.07) is 19.4. The van der Waals surface area contributed by atoms with Crippen molar-refractivity contribution in [3.05, 3.63) is 98.7 Å². The number of benzene rings is 1. The summed E-state index contributed by atoms with van der Waals surface area (Å²) < 4.78 is 0. The summed E-state index contributed by atoms with van der Waals surface area (Å²) in [5, 5.41) is 11.7. The molecule has 0 aliphatic rings. The van der Waals surface area contributed by atoms with Gasteiger partial charge in [0.15, 0.2) is 0 Å². The Morgan fingerprint density at radius 2 is 1.86 bits per heavy atom. The van der Waals surface area contributed by atoms with E-state index in [0.29, 0.717) is 5.56 Å². The number of amides is 1. The van der Waals surface area contributed by atoms with Gasteiger partial charge in [-0.15, -0.1) is 11.3 Å². The zero-order chi connectivity index (χ0) is 20.2. The van der Waals surface area contributed by atoms with Crippen LogP contribution in [0.15, 0.2) is 71.4 Å². The number of aryl methyl sites for hydroxylation is 2. The first-order valence-corrected chi connectivity index (χ1v) is 11.0. The maximum atomic E-state index is 12.8. The molecular weight excluding hydrogens is 398 g/mol. The number of thiophene rings is 2. The van der Waals surface area contributed by atoms with Crippen LogP contribution < -0.4 is 10.6 Å². The highest BCUT2D eigenvalue weighted by Gasteiger charge is 2.22. The van der Waals surface area contributed by atoms with Crippen molar-refractivity contribution in [1.82, 2.24) is 4.98 Å². The fourth-order valence-corrected chi connectivity index (χ4v) is 4.79. The van der Waals surface area contributed by atoms with Crippen LogP contribution in [0.1, 0.15) is 38.1 Å². The fourth-order valence-electron chi connectivity index (χ4n) is 3.16. The SMILES string of the molecule is Cc1cccc(N[C@@H](c2ccsc2)c2cc(C)sc2NC(=O)c2ccccc2)n1. The first-order valence-electron chi connectivity index (χ1n) is 9.29. The van der Waals surface area contributed by atoms with Gasteiger partial charge in [-0.05, 0) is 66.6 Å². The number of nitrogens with zero attached hydrogens (tertiary/aromatic N) is 1. The molecule has 0 fully saturated rings. The predicted octanol–water partition coefficient (Wildman–Crippen LogP) is 6.28. The predicted molar refractivity (Wildman–Crippen MR) is 122 cm³/mol. The lowest BCUT2D eigenvalue weighted by Crippen LogP contribution is -2.16. The lowest BCUT2D eigenvalue weighted by Gasteiger charge is -2.20. The van der Waals surface area contributed by atoms with E-state index in [9.17, 15) is 4.79 Å². The molecule has 0 unspecified atom stereocenters. The van der Waals surface area contributed by atoms with Crippen LogP contribution in [0.4, 0.5) is 10.8 Å². The third-order valence-corrected chi connectivity index (χ3v) is 6.20. The van der Waals surface area contributed by atoms with Gasteiger partial charge in [-0.2, -0.15) is 11.3 Å². The minimum absolute atomic E-state index is 0.105. The number of hydrogen-bond acceptors (Lipinski definition) is 5. The molecule has 4 aromatic rings. The molecule has 0 saturated carbocycles. The Kier molecular flexibility index (Phi) is 5.74. The van der Waals surface area contributed by atoms with E-state index < -0.39 is 0 Å². The Bertz CT molecular complexity index is 1100. The number of rotatable bonds is 6. The second-order valence-electron chi connectivity index (χ2n) is 6.76. The van der Waals surface area contributed by atoms with E-state index in [4.69, 9.17) is 0 Å². The van der Waals surface area contributed by atoms with Crippen LogP contribution in [0.2, 0.25) is 0 Å². The van der Waals surface area contributed by atoms with Crippen LogP contribution in [0, 0.1) is 13.8 Å². The van der Waals surface area contributed by atoms with Crippen LogP contribution in [-0.4, -0.2) is 10.9 Å². The van der Waals surface area contributed by atoms with Crippen molar-refractivity contribution in [3.8, 4) is 0 Å². The Hall–Kier alpha value is -2.96. The van der Waals surface area contributed by atoms with Gasteiger partial charge in [-0.3, -0.25) is 4.79 Å². The Balaban J connectivity index is 1.69. The molecule has 0 spiro atoms. The van der Waals surface area contributed by atoms with Crippen molar-refractivity contribution in [2.24, 2.45) is 0 Å². The van der Waals surface area contributed by atoms with Crippen molar-refractivity contribution >= 4 is 39.4 Å². The molecule has 29 heavy (non-hydrogen) atoms. The molecular formula is C23H21N3OS2. The zero-order valence-corrected chi connectivity index (χ0v) is 17.8. The number of pyridine rings is 1. The topological polar surface area (TPSA) is 54.0 Å². The van der Waals surface area contributed by atoms with Crippen molar-refractivity contribution in [2.45, 2.75) is 19.9 Å². The highest BCUT2D eigenvalue weighted by Crippen LogP contribution is 2.38. The number of carbonyl (C=O) groups is 1.